The lowest BCUT2D eigenvalue weighted by Crippen LogP contribution is -2.40. The maximum atomic E-state index is 13.0. The molecular formula is C133H132N2O8. The monoisotopic (exact) mass is 1880 g/mol. The molecule has 0 spiro atoms. The van der Waals surface area contributed by atoms with Gasteiger partial charge in [-0.3, -0.25) is 14.5 Å². The van der Waals surface area contributed by atoms with Crippen LogP contribution in [0.25, 0.3) is 172 Å². The second-order valence-electron chi connectivity index (χ2n) is 39.3. The summed E-state index contributed by atoms with van der Waals surface area (Å²) < 4.78 is 15.6. The van der Waals surface area contributed by atoms with Crippen LogP contribution in [-0.4, -0.2) is 67.7 Å². The summed E-state index contributed by atoms with van der Waals surface area (Å²) in [7, 11) is 0. The molecule has 0 bridgehead atoms. The summed E-state index contributed by atoms with van der Waals surface area (Å²) in [4.78, 5) is 61.9. The van der Waals surface area contributed by atoms with Crippen molar-refractivity contribution in [2.45, 2.75) is 214 Å². The molecule has 0 radical (unpaired) electrons. The molecule has 20 aromatic rings. The lowest BCUT2D eigenvalue weighted by molar-refractivity contribution is -0.139. The number of nitrogens with zero attached hydrogens (tertiary/aromatic N) is 1. The average molecular weight is 1890 g/mol. The molecule has 1 N–H and O–H groups in total. The van der Waals surface area contributed by atoms with Crippen molar-refractivity contribution in [1.82, 2.24) is 10.2 Å². The number of aryl methyl sites for hydroxylation is 5. The molecule has 722 valence electrons. The molecule has 10 nitrogen and oxygen atoms in total. The van der Waals surface area contributed by atoms with E-state index in [0.717, 1.165) is 141 Å². The van der Waals surface area contributed by atoms with Crippen LogP contribution in [0, 0.1) is 11.8 Å². The maximum absolute atomic E-state index is 13.0. The van der Waals surface area contributed by atoms with Gasteiger partial charge in [0.15, 0.2) is 0 Å². The number of nitrogens with one attached hydrogen (secondary N) is 1. The highest BCUT2D eigenvalue weighted by Crippen LogP contribution is 2.49. The highest BCUT2D eigenvalue weighted by molar-refractivity contribution is 6.40. The van der Waals surface area contributed by atoms with Crippen LogP contribution < -0.4 is 5.32 Å². The van der Waals surface area contributed by atoms with Crippen LogP contribution in [0.15, 0.2) is 292 Å². The summed E-state index contributed by atoms with van der Waals surface area (Å²) in [6, 6.07) is 89.4. The van der Waals surface area contributed by atoms with Gasteiger partial charge in [-0.25, -0.2) is 14.4 Å². The van der Waals surface area contributed by atoms with Crippen LogP contribution in [0.4, 0.5) is 4.79 Å². The smallest absolute Gasteiger partial charge is 0.407 e. The molecule has 0 saturated carbocycles. The average Bonchev–Trinajstić information content (AvgIpc) is 0.772. The van der Waals surface area contributed by atoms with Crippen molar-refractivity contribution >= 4 is 202 Å². The van der Waals surface area contributed by atoms with E-state index in [9.17, 15) is 24.0 Å². The van der Waals surface area contributed by atoms with Gasteiger partial charge in [0, 0.05) is 52.7 Å². The Kier molecular flexibility index (Phi) is 31.7. The van der Waals surface area contributed by atoms with Crippen LogP contribution in [0.1, 0.15) is 236 Å². The van der Waals surface area contributed by atoms with Crippen molar-refractivity contribution in [2.75, 3.05) is 32.9 Å². The quantitative estimate of drug-likeness (QED) is 0.00464. The molecule has 0 fully saturated rings. The van der Waals surface area contributed by atoms with Crippen LogP contribution in [0.5, 0.6) is 0 Å². The summed E-state index contributed by atoms with van der Waals surface area (Å²) in [6.07, 6.45) is 34.9. The second kappa shape index (κ2) is 46.0. The van der Waals surface area contributed by atoms with Gasteiger partial charge < -0.3 is 19.5 Å². The molecule has 3 amide bonds. The largest absolute Gasteiger partial charge is 0.462 e. The van der Waals surface area contributed by atoms with E-state index in [4.69, 9.17) is 14.2 Å². The van der Waals surface area contributed by atoms with E-state index >= 15 is 0 Å². The third-order valence-corrected chi connectivity index (χ3v) is 29.6. The zero-order valence-corrected chi connectivity index (χ0v) is 84.1. The molecule has 1 heterocycles. The molecule has 1 aliphatic heterocycles. The lowest BCUT2D eigenvalue weighted by atomic mass is 9.85. The van der Waals surface area contributed by atoms with Gasteiger partial charge in [0.05, 0.1) is 19.8 Å². The molecule has 21 rings (SSSR count). The number of benzene rings is 20. The van der Waals surface area contributed by atoms with Gasteiger partial charge in [-0.15, -0.1) is 13.2 Å². The van der Waals surface area contributed by atoms with Crippen LogP contribution in [0.3, 0.4) is 0 Å². The fourth-order valence-corrected chi connectivity index (χ4v) is 22.6. The number of imide groups is 1. The van der Waals surface area contributed by atoms with E-state index in [1.165, 1.54) is 250 Å². The van der Waals surface area contributed by atoms with Crippen LogP contribution >= 0.6 is 0 Å². The molecule has 143 heavy (non-hydrogen) atoms. The van der Waals surface area contributed by atoms with Crippen molar-refractivity contribution in [3.63, 3.8) is 0 Å². The molecule has 1 aliphatic rings. The Bertz CT molecular complexity index is 8080. The Morgan fingerprint density at radius 2 is 0.587 bits per heavy atom. The molecule has 0 saturated heterocycles. The minimum atomic E-state index is -0.362. The summed E-state index contributed by atoms with van der Waals surface area (Å²) in [5.41, 5.74) is 10.5. The highest BCUT2D eigenvalue weighted by Gasteiger charge is 2.34. The molecule has 10 heteroatoms. The number of hydrogen-bond donors (Lipinski definition) is 1. The molecular weight excluding hydrogens is 1750 g/mol. The first-order chi connectivity index (χ1) is 70.1. The number of carbonyl (C=O) groups is 5. The van der Waals surface area contributed by atoms with Crippen molar-refractivity contribution in [3.05, 3.63) is 337 Å². The number of carbonyl (C=O) groups excluding carboxylic acids is 5. The van der Waals surface area contributed by atoms with E-state index < -0.39 is 0 Å². The minimum Gasteiger partial charge on any atom is -0.462 e. The standard InChI is InChI=1S/C36H41NO2.C36H40O2.C36H36O2.C25H15NO2/c1-3-5-6-9-14-26-20-22-32-31-19-13-17-29-27(15-10-7-8-11-25-39-36(38)37-24-4-2)21-23-33(35(29)31)30-18-12-16-28(26)34(30)32;2*1-4-5-6-9-14-26-20-22-32-31-19-13-17-29-27(15-10-7-8-11-24-38-36(37)25(2)3)21-23-33(35(29)31)30-18-12-16-28(26)34(30)32;1-2-13-26-24(27)19-11-9-17-15-7-3-5-14-6-4-8-16(21(14)15)18-10-12-20(25(26)28)23(19)22(17)18/h4,12-13,16-23H,2-3,5-11,14-15,24-25H2,1H3,(H,37,38);12-13,16-23H,2,4-11,14-15,24H2,1,3H3;12-13,16-23H,2,4-9,11,14,24H2,1,3H3;2-12H,1,13H2. The first-order valence-corrected chi connectivity index (χ1v) is 52.7. The van der Waals surface area contributed by atoms with Gasteiger partial charge >= 0.3 is 18.0 Å². The summed E-state index contributed by atoms with van der Waals surface area (Å²) >= 11 is 0. The lowest BCUT2D eigenvalue weighted by Gasteiger charge is -2.27. The Hall–Kier alpha value is -14.5. The number of fused-ring (bicyclic) bond motifs is 8. The SMILES string of the molecule is C=C(C)C(=O)OCCCCC#Cc1ccc2c3cccc4c(CCCCCC)ccc(c5cccc1c25)c43.C=C(C)C(=O)OCCCCCCc1ccc2c3cccc4c(CCCCCC)ccc(c5cccc1c52)c43.C=CCN1C(=O)c2ccc3c4cccc5cccc(c6ccc(c2c36)C1=O)c54.C=CCNC(=O)OCCCCCCc1ccc2c3cccc4c(CCCCCC)ccc(c5cccc1c52)c43. The predicted octanol–water partition coefficient (Wildman–Crippen LogP) is 35.0. The topological polar surface area (TPSA) is 128 Å². The van der Waals surface area contributed by atoms with E-state index in [-0.39, 0.29) is 36.4 Å². The van der Waals surface area contributed by atoms with Crippen LogP contribution in [-0.2, 0) is 55.9 Å². The first-order valence-electron chi connectivity index (χ1n) is 52.7. The third kappa shape index (κ3) is 20.6. The van der Waals surface area contributed by atoms with E-state index in [0.29, 0.717) is 48.6 Å². The number of alkyl carbamates (subject to hydrolysis) is 1. The molecule has 0 atom stereocenters. The number of esters is 2. The van der Waals surface area contributed by atoms with Gasteiger partial charge in [0.1, 0.15) is 0 Å². The predicted molar refractivity (Wildman–Crippen MR) is 606 cm³/mol. The summed E-state index contributed by atoms with van der Waals surface area (Å²) in [5, 5.41) is 44.2. The fourth-order valence-electron chi connectivity index (χ4n) is 22.6. The van der Waals surface area contributed by atoms with E-state index in [1.807, 2.05) is 24.3 Å². The van der Waals surface area contributed by atoms with E-state index in [1.54, 1.807) is 26.0 Å². The zero-order chi connectivity index (χ0) is 99.0. The van der Waals surface area contributed by atoms with E-state index in [2.05, 4.69) is 283 Å². The molecule has 0 aromatic heterocycles. The Morgan fingerprint density at radius 1 is 0.301 bits per heavy atom. The Balaban J connectivity index is 0.000000126. The number of hydrogen-bond acceptors (Lipinski definition) is 8. The molecule has 0 unspecified atom stereocenters. The van der Waals surface area contributed by atoms with Gasteiger partial charge in [-0.05, 0) is 317 Å². The third-order valence-electron chi connectivity index (χ3n) is 29.6. The van der Waals surface area contributed by atoms with Crippen molar-refractivity contribution in [1.29, 1.82) is 0 Å². The second-order valence-corrected chi connectivity index (χ2v) is 39.3. The van der Waals surface area contributed by atoms with Gasteiger partial charge in [0.2, 0.25) is 0 Å². The van der Waals surface area contributed by atoms with Crippen molar-refractivity contribution < 1.29 is 38.2 Å². The molecule has 20 aromatic carbocycles. The van der Waals surface area contributed by atoms with Gasteiger partial charge in [-0.2, -0.15) is 0 Å². The zero-order valence-electron chi connectivity index (χ0n) is 84.1. The van der Waals surface area contributed by atoms with Crippen LogP contribution in [0.2, 0.25) is 0 Å². The number of amides is 3. The number of unbranched alkanes of at least 4 members (excludes halogenated alkanes) is 17. The Morgan fingerprint density at radius 3 is 0.937 bits per heavy atom. The van der Waals surface area contributed by atoms with Gasteiger partial charge in [0.25, 0.3) is 11.8 Å². The minimum absolute atomic E-state index is 0.213. The maximum Gasteiger partial charge on any atom is 0.407 e. The van der Waals surface area contributed by atoms with Crippen molar-refractivity contribution in [2.24, 2.45) is 0 Å². The fraction of sp³-hybridized carbons (Fsp3) is 0.286. The molecule has 0 aliphatic carbocycles. The number of ether oxygens (including phenoxy) is 3. The number of rotatable bonds is 39. The Labute approximate surface area is 840 Å². The van der Waals surface area contributed by atoms with Crippen molar-refractivity contribution in [3.8, 4) is 11.8 Å². The normalized spacial score (nSPS) is 12.0. The summed E-state index contributed by atoms with van der Waals surface area (Å²) in [5.74, 6) is 5.67. The summed E-state index contributed by atoms with van der Waals surface area (Å²) in [6.45, 7) is 26.7. The highest BCUT2D eigenvalue weighted by atomic mass is 16.5. The first kappa shape index (κ1) is 98.6. The van der Waals surface area contributed by atoms with Gasteiger partial charge in [-0.1, -0.05) is 366 Å².